The number of carbonyl (C=O) groups excluding carboxylic acids is 1. The molecule has 1 heterocycles. The van der Waals surface area contributed by atoms with Crippen molar-refractivity contribution in [1.29, 1.82) is 0 Å². The second kappa shape index (κ2) is 6.75. The van der Waals surface area contributed by atoms with Crippen molar-refractivity contribution in [2.75, 3.05) is 26.8 Å². The first-order valence-electron chi connectivity index (χ1n) is 7.07. The van der Waals surface area contributed by atoms with E-state index in [0.717, 1.165) is 24.9 Å². The summed E-state index contributed by atoms with van der Waals surface area (Å²) in [6.45, 7) is 4.64. The first kappa shape index (κ1) is 14.9. The first-order valence-corrected chi connectivity index (χ1v) is 7.07. The quantitative estimate of drug-likeness (QED) is 0.849. The molecule has 2 rings (SSSR count). The van der Waals surface area contributed by atoms with Crippen LogP contribution in [-0.4, -0.2) is 37.8 Å². The Hall–Kier alpha value is -1.55. The van der Waals surface area contributed by atoms with Gasteiger partial charge in [-0.25, -0.2) is 4.79 Å². The van der Waals surface area contributed by atoms with E-state index in [9.17, 15) is 4.79 Å². The fourth-order valence-corrected chi connectivity index (χ4v) is 2.75. The average molecular weight is 277 g/mol. The molecular formula is C16H23NO3. The van der Waals surface area contributed by atoms with Gasteiger partial charge in [-0.1, -0.05) is 37.3 Å². The molecule has 1 amide bonds. The SMILES string of the molecule is COCC1(C)CCCN(C(=O)OCc2ccccc2)C1. The number of likely N-dealkylation sites (tertiary alicyclic amines) is 1. The minimum absolute atomic E-state index is 0.0404. The molecule has 0 aliphatic carbocycles. The lowest BCUT2D eigenvalue weighted by molar-refractivity contribution is 0.0167. The summed E-state index contributed by atoms with van der Waals surface area (Å²) >= 11 is 0. The van der Waals surface area contributed by atoms with Crippen LogP contribution in [0.15, 0.2) is 30.3 Å². The number of hydrogen-bond donors (Lipinski definition) is 0. The first-order chi connectivity index (χ1) is 9.63. The van der Waals surface area contributed by atoms with E-state index in [0.29, 0.717) is 19.8 Å². The van der Waals surface area contributed by atoms with Gasteiger partial charge in [-0.3, -0.25) is 0 Å². The third-order valence-electron chi connectivity index (χ3n) is 3.74. The molecule has 20 heavy (non-hydrogen) atoms. The largest absolute Gasteiger partial charge is 0.445 e. The zero-order chi connectivity index (χ0) is 14.4. The molecule has 1 atom stereocenters. The van der Waals surface area contributed by atoms with E-state index in [1.54, 1.807) is 12.0 Å². The number of amides is 1. The monoisotopic (exact) mass is 277 g/mol. The minimum Gasteiger partial charge on any atom is -0.445 e. The van der Waals surface area contributed by atoms with Gasteiger partial charge in [0.15, 0.2) is 0 Å². The summed E-state index contributed by atoms with van der Waals surface area (Å²) in [5.74, 6) is 0. The highest BCUT2D eigenvalue weighted by molar-refractivity contribution is 5.67. The van der Waals surface area contributed by atoms with Gasteiger partial charge in [-0.15, -0.1) is 0 Å². The van der Waals surface area contributed by atoms with Gasteiger partial charge in [-0.05, 0) is 18.4 Å². The molecule has 110 valence electrons. The van der Waals surface area contributed by atoms with Crippen LogP contribution in [-0.2, 0) is 16.1 Å². The normalized spacial score (nSPS) is 22.6. The molecule has 0 aromatic heterocycles. The summed E-state index contributed by atoms with van der Waals surface area (Å²) in [4.78, 5) is 13.9. The summed E-state index contributed by atoms with van der Waals surface area (Å²) in [6, 6.07) is 9.75. The lowest BCUT2D eigenvalue weighted by atomic mass is 9.83. The Kier molecular flexibility index (Phi) is 5.01. The number of methoxy groups -OCH3 is 1. The van der Waals surface area contributed by atoms with Crippen molar-refractivity contribution >= 4 is 6.09 Å². The van der Waals surface area contributed by atoms with E-state index in [-0.39, 0.29) is 11.5 Å². The smallest absolute Gasteiger partial charge is 0.410 e. The third kappa shape index (κ3) is 3.97. The van der Waals surface area contributed by atoms with Gasteiger partial charge in [0.25, 0.3) is 0 Å². The molecule has 1 aliphatic rings. The molecule has 0 saturated carbocycles. The number of piperidine rings is 1. The van der Waals surface area contributed by atoms with Crippen molar-refractivity contribution in [2.24, 2.45) is 5.41 Å². The maximum absolute atomic E-state index is 12.1. The Morgan fingerprint density at radius 2 is 2.10 bits per heavy atom. The summed E-state index contributed by atoms with van der Waals surface area (Å²) in [7, 11) is 1.71. The van der Waals surface area contributed by atoms with Gasteiger partial charge in [0, 0.05) is 25.6 Å². The van der Waals surface area contributed by atoms with Crippen molar-refractivity contribution in [2.45, 2.75) is 26.4 Å². The number of rotatable bonds is 4. The van der Waals surface area contributed by atoms with Crippen molar-refractivity contribution in [3.63, 3.8) is 0 Å². The maximum Gasteiger partial charge on any atom is 0.410 e. The lowest BCUT2D eigenvalue weighted by Gasteiger charge is -2.39. The summed E-state index contributed by atoms with van der Waals surface area (Å²) in [5, 5.41) is 0. The Bertz CT molecular complexity index is 431. The van der Waals surface area contributed by atoms with Crippen LogP contribution < -0.4 is 0 Å². The highest BCUT2D eigenvalue weighted by Crippen LogP contribution is 2.29. The number of nitrogens with zero attached hydrogens (tertiary/aromatic N) is 1. The van der Waals surface area contributed by atoms with E-state index < -0.39 is 0 Å². The van der Waals surface area contributed by atoms with E-state index in [2.05, 4.69) is 6.92 Å². The summed E-state index contributed by atoms with van der Waals surface area (Å²) in [5.41, 5.74) is 1.05. The van der Waals surface area contributed by atoms with Crippen molar-refractivity contribution in [3.8, 4) is 0 Å². The van der Waals surface area contributed by atoms with E-state index in [1.165, 1.54) is 0 Å². The highest BCUT2D eigenvalue weighted by Gasteiger charge is 2.33. The zero-order valence-corrected chi connectivity index (χ0v) is 12.3. The second-order valence-corrected chi connectivity index (χ2v) is 5.81. The zero-order valence-electron chi connectivity index (χ0n) is 12.3. The van der Waals surface area contributed by atoms with E-state index in [1.807, 2.05) is 30.3 Å². The number of benzene rings is 1. The standard InChI is InChI=1S/C16H23NO3/c1-16(13-19-2)9-6-10-17(12-16)15(18)20-11-14-7-4-3-5-8-14/h3-5,7-8H,6,9-13H2,1-2H3. The Morgan fingerprint density at radius 3 is 2.80 bits per heavy atom. The van der Waals surface area contributed by atoms with Crippen LogP contribution in [0, 0.1) is 5.41 Å². The van der Waals surface area contributed by atoms with Crippen LogP contribution in [0.1, 0.15) is 25.3 Å². The Morgan fingerprint density at radius 1 is 1.35 bits per heavy atom. The molecule has 1 aliphatic heterocycles. The molecule has 0 bridgehead atoms. The average Bonchev–Trinajstić information content (AvgIpc) is 2.46. The maximum atomic E-state index is 12.1. The molecule has 4 heteroatoms. The van der Waals surface area contributed by atoms with Gasteiger partial charge in [0.1, 0.15) is 6.61 Å². The minimum atomic E-state index is -0.226. The predicted octanol–water partition coefficient (Wildman–Crippen LogP) is 3.07. The van der Waals surface area contributed by atoms with Gasteiger partial charge in [-0.2, -0.15) is 0 Å². The number of hydrogen-bond acceptors (Lipinski definition) is 3. The number of carbonyl (C=O) groups is 1. The van der Waals surface area contributed by atoms with Crippen molar-refractivity contribution in [3.05, 3.63) is 35.9 Å². The highest BCUT2D eigenvalue weighted by atomic mass is 16.6. The topological polar surface area (TPSA) is 38.8 Å². The molecule has 1 saturated heterocycles. The molecule has 0 N–H and O–H groups in total. The second-order valence-electron chi connectivity index (χ2n) is 5.81. The van der Waals surface area contributed by atoms with Crippen LogP contribution in [0.3, 0.4) is 0 Å². The van der Waals surface area contributed by atoms with E-state index >= 15 is 0 Å². The number of ether oxygens (including phenoxy) is 2. The predicted molar refractivity (Wildman–Crippen MR) is 77.4 cm³/mol. The summed E-state index contributed by atoms with van der Waals surface area (Å²) in [6.07, 6.45) is 1.86. The van der Waals surface area contributed by atoms with Gasteiger partial charge in [0.05, 0.1) is 6.61 Å². The Balaban J connectivity index is 1.86. The van der Waals surface area contributed by atoms with Gasteiger partial charge < -0.3 is 14.4 Å². The van der Waals surface area contributed by atoms with Crippen molar-refractivity contribution < 1.29 is 14.3 Å². The molecule has 4 nitrogen and oxygen atoms in total. The van der Waals surface area contributed by atoms with Gasteiger partial charge >= 0.3 is 6.09 Å². The molecule has 1 aromatic carbocycles. The van der Waals surface area contributed by atoms with Crippen LogP contribution in [0.25, 0.3) is 0 Å². The fourth-order valence-electron chi connectivity index (χ4n) is 2.75. The molecule has 0 radical (unpaired) electrons. The molecule has 1 fully saturated rings. The fraction of sp³-hybridized carbons (Fsp3) is 0.562. The Labute approximate surface area is 120 Å². The van der Waals surface area contributed by atoms with Crippen LogP contribution in [0.5, 0.6) is 0 Å². The third-order valence-corrected chi connectivity index (χ3v) is 3.74. The molecule has 1 aromatic rings. The molecule has 1 unspecified atom stereocenters. The molecular weight excluding hydrogens is 254 g/mol. The van der Waals surface area contributed by atoms with E-state index in [4.69, 9.17) is 9.47 Å². The van der Waals surface area contributed by atoms with Crippen LogP contribution >= 0.6 is 0 Å². The van der Waals surface area contributed by atoms with Gasteiger partial charge in [0.2, 0.25) is 0 Å². The summed E-state index contributed by atoms with van der Waals surface area (Å²) < 4.78 is 10.6. The van der Waals surface area contributed by atoms with Crippen LogP contribution in [0.4, 0.5) is 4.79 Å². The van der Waals surface area contributed by atoms with Crippen LogP contribution in [0.2, 0.25) is 0 Å². The van der Waals surface area contributed by atoms with Crippen molar-refractivity contribution in [1.82, 2.24) is 4.90 Å². The lowest BCUT2D eigenvalue weighted by Crippen LogP contribution is -2.46. The molecule has 0 spiro atoms.